The van der Waals surface area contributed by atoms with E-state index in [4.69, 9.17) is 4.74 Å². The zero-order valence-corrected chi connectivity index (χ0v) is 11.8. The van der Waals surface area contributed by atoms with Gasteiger partial charge in [0, 0.05) is 6.20 Å². The fourth-order valence-electron chi connectivity index (χ4n) is 1.93. The number of esters is 1. The van der Waals surface area contributed by atoms with Crippen molar-refractivity contribution in [2.45, 2.75) is 38.7 Å². The summed E-state index contributed by atoms with van der Waals surface area (Å²) in [6, 6.07) is 3.36. The Morgan fingerprint density at radius 3 is 2.50 bits per heavy atom. The minimum Gasteiger partial charge on any atom is -0.460 e. The predicted octanol–water partition coefficient (Wildman–Crippen LogP) is 2.42. The van der Waals surface area contributed by atoms with E-state index in [-0.39, 0.29) is 25.5 Å². The van der Waals surface area contributed by atoms with Crippen LogP contribution in [-0.2, 0) is 16.0 Å². The number of ether oxygens (including phenoxy) is 1. The van der Waals surface area contributed by atoms with Crippen LogP contribution in [0.4, 0.5) is 14.6 Å². The second-order valence-electron chi connectivity index (χ2n) is 6.00. The highest BCUT2D eigenvalue weighted by atomic mass is 19.3. The number of aromatic nitrogens is 1. The molecule has 1 saturated heterocycles. The van der Waals surface area contributed by atoms with Crippen molar-refractivity contribution in [2.24, 2.45) is 0 Å². The van der Waals surface area contributed by atoms with Gasteiger partial charge in [-0.1, -0.05) is 6.07 Å². The number of hydrogen-bond acceptors (Lipinski definition) is 4. The number of carbonyl (C=O) groups is 1. The first-order valence-corrected chi connectivity index (χ1v) is 6.44. The molecule has 0 aliphatic carbocycles. The maximum absolute atomic E-state index is 12.8. The number of hydrogen-bond donors (Lipinski definition) is 0. The number of alkyl halides is 2. The van der Waals surface area contributed by atoms with E-state index >= 15 is 0 Å². The lowest BCUT2D eigenvalue weighted by Gasteiger charge is -2.39. The molecule has 0 bridgehead atoms. The van der Waals surface area contributed by atoms with Crippen molar-refractivity contribution in [3.05, 3.63) is 23.9 Å². The summed E-state index contributed by atoms with van der Waals surface area (Å²) in [6.45, 7) is 4.81. The first kappa shape index (κ1) is 14.7. The molecule has 6 heteroatoms. The van der Waals surface area contributed by atoms with E-state index < -0.39 is 11.5 Å². The Kier molecular flexibility index (Phi) is 3.67. The van der Waals surface area contributed by atoms with E-state index in [1.54, 1.807) is 32.9 Å². The second kappa shape index (κ2) is 5.00. The molecule has 0 atom stereocenters. The van der Waals surface area contributed by atoms with Crippen LogP contribution < -0.4 is 4.90 Å². The normalized spacial score (nSPS) is 17.6. The first-order chi connectivity index (χ1) is 9.15. The Morgan fingerprint density at radius 2 is 2.05 bits per heavy atom. The van der Waals surface area contributed by atoms with Gasteiger partial charge in [0.15, 0.2) is 0 Å². The topological polar surface area (TPSA) is 42.4 Å². The molecule has 0 saturated carbocycles. The molecule has 1 fully saturated rings. The van der Waals surface area contributed by atoms with Crippen molar-refractivity contribution in [1.29, 1.82) is 0 Å². The Labute approximate surface area is 116 Å². The maximum atomic E-state index is 12.8. The zero-order chi connectivity index (χ0) is 15.0. The highest BCUT2D eigenvalue weighted by Crippen LogP contribution is 2.30. The Morgan fingerprint density at radius 1 is 1.40 bits per heavy atom. The quantitative estimate of drug-likeness (QED) is 0.799. The minimum absolute atomic E-state index is 0.126. The lowest BCUT2D eigenvalue weighted by atomic mass is 10.1. The fourth-order valence-corrected chi connectivity index (χ4v) is 1.93. The standard InChI is InChI=1S/C14H18F2N2O2/c1-13(2,3)20-12(19)6-10-4-5-11(17-7-10)18-8-14(15,16)9-18/h4-5,7H,6,8-9H2,1-3H3. The van der Waals surface area contributed by atoms with Gasteiger partial charge in [-0.2, -0.15) is 0 Å². The summed E-state index contributed by atoms with van der Waals surface area (Å²) in [4.78, 5) is 17.2. The summed E-state index contributed by atoms with van der Waals surface area (Å²) in [5, 5.41) is 0. The molecule has 2 rings (SSSR count). The molecule has 4 nitrogen and oxygen atoms in total. The van der Waals surface area contributed by atoms with Crippen LogP contribution in [-0.4, -0.2) is 35.6 Å². The Balaban J connectivity index is 1.91. The number of anilines is 1. The van der Waals surface area contributed by atoms with E-state index in [2.05, 4.69) is 4.98 Å². The van der Waals surface area contributed by atoms with Crippen LogP contribution in [0.3, 0.4) is 0 Å². The highest BCUT2D eigenvalue weighted by molar-refractivity contribution is 5.73. The van der Waals surface area contributed by atoms with Crippen LogP contribution in [0.5, 0.6) is 0 Å². The lowest BCUT2D eigenvalue weighted by molar-refractivity contribution is -0.153. The molecule has 0 N–H and O–H groups in total. The molecule has 1 aliphatic rings. The summed E-state index contributed by atoms with van der Waals surface area (Å²) in [6.07, 6.45) is 1.65. The molecule has 0 spiro atoms. The monoisotopic (exact) mass is 284 g/mol. The third-order valence-electron chi connectivity index (χ3n) is 2.75. The van der Waals surface area contributed by atoms with Gasteiger partial charge in [0.05, 0.1) is 19.5 Å². The van der Waals surface area contributed by atoms with Gasteiger partial charge in [0.25, 0.3) is 5.92 Å². The Hall–Kier alpha value is -1.72. The van der Waals surface area contributed by atoms with Crippen LogP contribution in [0.15, 0.2) is 18.3 Å². The number of halogens is 2. The van der Waals surface area contributed by atoms with Crippen LogP contribution in [0, 0.1) is 0 Å². The predicted molar refractivity (Wildman–Crippen MR) is 70.9 cm³/mol. The molecule has 0 radical (unpaired) electrons. The van der Waals surface area contributed by atoms with Gasteiger partial charge in [-0.3, -0.25) is 4.79 Å². The number of carbonyl (C=O) groups excluding carboxylic acids is 1. The molecule has 0 unspecified atom stereocenters. The first-order valence-electron chi connectivity index (χ1n) is 6.44. The summed E-state index contributed by atoms with van der Waals surface area (Å²) in [5.41, 5.74) is 0.184. The summed E-state index contributed by atoms with van der Waals surface area (Å²) in [5.74, 6) is -2.44. The van der Waals surface area contributed by atoms with Crippen molar-refractivity contribution < 1.29 is 18.3 Å². The molecule has 0 amide bonds. The smallest absolute Gasteiger partial charge is 0.310 e. The van der Waals surface area contributed by atoms with Crippen LogP contribution in [0.2, 0.25) is 0 Å². The molecule has 20 heavy (non-hydrogen) atoms. The van der Waals surface area contributed by atoms with Crippen molar-refractivity contribution in [2.75, 3.05) is 18.0 Å². The molecule has 1 aromatic heterocycles. The molecule has 0 aromatic carbocycles. The molecular formula is C14H18F2N2O2. The molecule has 1 aromatic rings. The summed E-state index contributed by atoms with van der Waals surface area (Å²) in [7, 11) is 0. The molecule has 110 valence electrons. The maximum Gasteiger partial charge on any atom is 0.310 e. The molecular weight excluding hydrogens is 266 g/mol. The number of rotatable bonds is 3. The summed E-state index contributed by atoms with van der Waals surface area (Å²) >= 11 is 0. The third-order valence-corrected chi connectivity index (χ3v) is 2.75. The van der Waals surface area contributed by atoms with E-state index in [0.29, 0.717) is 11.4 Å². The lowest BCUT2D eigenvalue weighted by Crippen LogP contribution is -2.56. The Bertz CT molecular complexity index is 487. The third kappa shape index (κ3) is 3.88. The largest absolute Gasteiger partial charge is 0.460 e. The highest BCUT2D eigenvalue weighted by Gasteiger charge is 2.44. The minimum atomic E-state index is -2.61. The van der Waals surface area contributed by atoms with Gasteiger partial charge >= 0.3 is 5.97 Å². The van der Waals surface area contributed by atoms with Gasteiger partial charge in [-0.25, -0.2) is 13.8 Å². The van der Waals surface area contributed by atoms with Gasteiger partial charge in [0.1, 0.15) is 11.4 Å². The van der Waals surface area contributed by atoms with Crippen LogP contribution >= 0.6 is 0 Å². The van der Waals surface area contributed by atoms with E-state index in [9.17, 15) is 13.6 Å². The van der Waals surface area contributed by atoms with Gasteiger partial charge in [-0.05, 0) is 32.4 Å². The van der Waals surface area contributed by atoms with E-state index in [0.717, 1.165) is 0 Å². The van der Waals surface area contributed by atoms with Gasteiger partial charge in [-0.15, -0.1) is 0 Å². The van der Waals surface area contributed by atoms with Crippen molar-refractivity contribution in [3.8, 4) is 0 Å². The summed E-state index contributed by atoms with van der Waals surface area (Å²) < 4.78 is 30.7. The van der Waals surface area contributed by atoms with Gasteiger partial charge in [0.2, 0.25) is 0 Å². The van der Waals surface area contributed by atoms with E-state index in [1.165, 1.54) is 11.1 Å². The second-order valence-corrected chi connectivity index (χ2v) is 6.00. The number of pyridine rings is 1. The van der Waals surface area contributed by atoms with Crippen molar-refractivity contribution in [3.63, 3.8) is 0 Å². The van der Waals surface area contributed by atoms with Crippen LogP contribution in [0.1, 0.15) is 26.3 Å². The van der Waals surface area contributed by atoms with E-state index in [1.807, 2.05) is 0 Å². The van der Waals surface area contributed by atoms with Crippen LogP contribution in [0.25, 0.3) is 0 Å². The number of nitrogens with zero attached hydrogens (tertiary/aromatic N) is 2. The SMILES string of the molecule is CC(C)(C)OC(=O)Cc1ccc(N2CC(F)(F)C2)nc1. The average molecular weight is 284 g/mol. The fraction of sp³-hybridized carbons (Fsp3) is 0.571. The zero-order valence-electron chi connectivity index (χ0n) is 11.8. The molecule has 2 heterocycles. The van der Waals surface area contributed by atoms with Crippen molar-refractivity contribution in [1.82, 2.24) is 4.98 Å². The average Bonchev–Trinajstić information content (AvgIpc) is 2.24. The van der Waals surface area contributed by atoms with Crippen molar-refractivity contribution >= 4 is 11.8 Å². The molecule has 1 aliphatic heterocycles. The van der Waals surface area contributed by atoms with Gasteiger partial charge < -0.3 is 9.64 Å².